The molecule has 0 aliphatic rings. The van der Waals surface area contributed by atoms with Crippen molar-refractivity contribution in [3.05, 3.63) is 42.0 Å². The van der Waals surface area contributed by atoms with Gasteiger partial charge in [-0.3, -0.25) is 0 Å². The van der Waals surface area contributed by atoms with Crippen molar-refractivity contribution in [2.45, 2.75) is 12.5 Å². The van der Waals surface area contributed by atoms with Crippen LogP contribution in [-0.4, -0.2) is 13.1 Å². The highest BCUT2D eigenvalue weighted by atomic mass is 16.5. The zero-order chi connectivity index (χ0) is 13.3. The van der Waals surface area contributed by atoms with Gasteiger partial charge < -0.3 is 20.4 Å². The predicted molar refractivity (Wildman–Crippen MR) is 65.7 cm³/mol. The fraction of sp³-hybridized carbons (Fsp3) is 0.214. The summed E-state index contributed by atoms with van der Waals surface area (Å²) in [5.41, 5.74) is 3.08. The van der Waals surface area contributed by atoms with E-state index in [1.807, 2.05) is 30.3 Å². The molecule has 0 bridgehead atoms. The third-order valence-corrected chi connectivity index (χ3v) is 3.14. The van der Waals surface area contributed by atoms with E-state index in [1.165, 1.54) is 6.92 Å². The Labute approximate surface area is 105 Å². The van der Waals surface area contributed by atoms with Crippen molar-refractivity contribution in [1.29, 1.82) is 0 Å². The second kappa shape index (κ2) is 4.31. The number of carbonyl (C=O) groups excluding carboxylic acids is 1. The predicted octanol–water partition coefficient (Wildman–Crippen LogP) is 0.0554. The third-order valence-electron chi connectivity index (χ3n) is 3.14. The van der Waals surface area contributed by atoms with Crippen LogP contribution in [-0.2, 0) is 10.3 Å². The first kappa shape index (κ1) is 12.4. The first-order chi connectivity index (χ1) is 8.45. The minimum Gasteiger partial charge on any atom is -0.543 e. The van der Waals surface area contributed by atoms with Gasteiger partial charge >= 0.3 is 0 Å². The molecule has 2 rings (SSSR count). The van der Waals surface area contributed by atoms with Crippen molar-refractivity contribution in [2.24, 2.45) is 0 Å². The van der Waals surface area contributed by atoms with Gasteiger partial charge in [-0.25, -0.2) is 0 Å². The number of hydrogen-bond donors (Lipinski definition) is 1. The summed E-state index contributed by atoms with van der Waals surface area (Å²) in [6, 6.07) is 11.1. The van der Waals surface area contributed by atoms with Crippen LogP contribution in [0.25, 0.3) is 10.8 Å². The molecule has 94 valence electrons. The molecule has 0 heterocycles. The summed E-state index contributed by atoms with van der Waals surface area (Å²) < 4.78 is 5.14. The molecule has 0 fully saturated rings. The summed E-state index contributed by atoms with van der Waals surface area (Å²) in [6.07, 6.45) is 0. The van der Waals surface area contributed by atoms with E-state index in [0.717, 1.165) is 16.5 Å². The number of ether oxygens (including phenoxy) is 1. The van der Waals surface area contributed by atoms with Gasteiger partial charge in [0.2, 0.25) is 0 Å². The monoisotopic (exact) mass is 245 g/mol. The van der Waals surface area contributed by atoms with Crippen LogP contribution in [0.1, 0.15) is 12.5 Å². The minimum absolute atomic E-state index is 0.625. The maximum Gasteiger partial charge on any atom is 0.157 e. The number of rotatable bonds is 3. The van der Waals surface area contributed by atoms with E-state index in [9.17, 15) is 9.90 Å². The molecule has 0 aliphatic heterocycles. The third kappa shape index (κ3) is 2.02. The van der Waals surface area contributed by atoms with Gasteiger partial charge in [-0.15, -0.1) is 0 Å². The minimum atomic E-state index is -1.24. The lowest BCUT2D eigenvalue weighted by atomic mass is 9.91. The van der Waals surface area contributed by atoms with Gasteiger partial charge in [0.1, 0.15) is 11.7 Å². The van der Waals surface area contributed by atoms with E-state index in [4.69, 9.17) is 4.74 Å². The molecule has 2 aromatic carbocycles. The quantitative estimate of drug-likeness (QED) is 0.830. The van der Waals surface area contributed by atoms with Gasteiger partial charge in [0.25, 0.3) is 0 Å². The average Bonchev–Trinajstić information content (AvgIpc) is 2.37. The molecule has 0 aliphatic carbocycles. The molecule has 0 saturated heterocycles. The fourth-order valence-electron chi connectivity index (χ4n) is 1.81. The number of hydrogen-bond acceptors (Lipinski definition) is 3. The van der Waals surface area contributed by atoms with Crippen LogP contribution < -0.4 is 15.6 Å². The number of carbonyl (C=O) groups is 1. The van der Waals surface area contributed by atoms with E-state index in [2.05, 4.69) is 5.73 Å². The molecule has 0 saturated carbocycles. The molecule has 0 radical (unpaired) electrons. The Kier molecular flexibility index (Phi) is 2.97. The Morgan fingerprint density at radius 3 is 2.44 bits per heavy atom. The van der Waals surface area contributed by atoms with E-state index >= 15 is 0 Å². The molecule has 4 heteroatoms. The van der Waals surface area contributed by atoms with Crippen LogP contribution >= 0.6 is 0 Å². The van der Waals surface area contributed by atoms with Gasteiger partial charge in [0.05, 0.1) is 7.11 Å². The lowest BCUT2D eigenvalue weighted by Crippen LogP contribution is -2.75. The summed E-state index contributed by atoms with van der Waals surface area (Å²) >= 11 is 0. The first-order valence-corrected chi connectivity index (χ1v) is 5.60. The second-order valence-electron chi connectivity index (χ2n) is 4.55. The zero-order valence-electron chi connectivity index (χ0n) is 10.4. The molecule has 18 heavy (non-hydrogen) atoms. The Hall–Kier alpha value is -2.07. The molecule has 0 unspecified atom stereocenters. The number of benzene rings is 2. The molecule has 2 aromatic rings. The smallest absolute Gasteiger partial charge is 0.157 e. The van der Waals surface area contributed by atoms with E-state index in [1.54, 1.807) is 13.2 Å². The molecule has 0 aromatic heterocycles. The summed E-state index contributed by atoms with van der Waals surface area (Å²) in [4.78, 5) is 11.1. The Morgan fingerprint density at radius 2 is 1.83 bits per heavy atom. The fourth-order valence-corrected chi connectivity index (χ4v) is 1.81. The number of fused-ring (bicyclic) bond motifs is 1. The highest BCUT2D eigenvalue weighted by Crippen LogP contribution is 2.25. The number of aliphatic carboxylic acids is 1. The number of methoxy groups -OCH3 is 1. The average molecular weight is 245 g/mol. The molecule has 1 atom stereocenters. The molecule has 3 N–H and O–H groups in total. The lowest BCUT2D eigenvalue weighted by Gasteiger charge is -2.22. The van der Waals surface area contributed by atoms with Gasteiger partial charge in [0, 0.05) is 12.5 Å². The topological polar surface area (TPSA) is 77.0 Å². The molecule has 0 spiro atoms. The van der Waals surface area contributed by atoms with E-state index in [-0.39, 0.29) is 0 Å². The highest BCUT2D eigenvalue weighted by Gasteiger charge is 2.27. The van der Waals surface area contributed by atoms with Crippen molar-refractivity contribution >= 4 is 16.7 Å². The normalized spacial score (nSPS) is 14.2. The number of quaternary nitrogens is 1. The maximum absolute atomic E-state index is 11.1. The van der Waals surface area contributed by atoms with Crippen molar-refractivity contribution in [3.63, 3.8) is 0 Å². The van der Waals surface area contributed by atoms with Crippen molar-refractivity contribution in [1.82, 2.24) is 0 Å². The largest absolute Gasteiger partial charge is 0.543 e. The summed E-state index contributed by atoms with van der Waals surface area (Å²) in [7, 11) is 1.61. The molecule has 0 amide bonds. The number of carboxylic acids is 1. The SMILES string of the molecule is COc1ccc2cc([C@](C)([NH3+])C(=O)[O-])ccc2c1. The number of carboxylic acid groups (broad SMARTS) is 1. The molecular weight excluding hydrogens is 230 g/mol. The Morgan fingerprint density at radius 1 is 1.22 bits per heavy atom. The summed E-state index contributed by atoms with van der Waals surface area (Å²) in [5, 5.41) is 13.0. The Bertz CT molecular complexity index is 605. The van der Waals surface area contributed by atoms with Crippen LogP contribution in [0, 0.1) is 0 Å². The van der Waals surface area contributed by atoms with Gasteiger partial charge in [-0.1, -0.05) is 18.2 Å². The van der Waals surface area contributed by atoms with Gasteiger partial charge in [-0.05, 0) is 29.0 Å². The van der Waals surface area contributed by atoms with Crippen LogP contribution in [0.3, 0.4) is 0 Å². The van der Waals surface area contributed by atoms with Crippen molar-refractivity contribution in [3.8, 4) is 5.75 Å². The van der Waals surface area contributed by atoms with E-state index < -0.39 is 11.5 Å². The van der Waals surface area contributed by atoms with E-state index in [0.29, 0.717) is 5.56 Å². The summed E-state index contributed by atoms with van der Waals surface area (Å²) in [5.74, 6) is -0.414. The lowest BCUT2D eigenvalue weighted by molar-refractivity contribution is -0.489. The van der Waals surface area contributed by atoms with Crippen LogP contribution in [0.15, 0.2) is 36.4 Å². The standard InChI is InChI=1S/C14H15NO3/c1-14(15,13(16)17)11-5-3-10-8-12(18-2)6-4-9(10)7-11/h3-8H,15H2,1-2H3,(H,16,17)/t14-/m0/s1. The van der Waals surface area contributed by atoms with Crippen molar-refractivity contribution in [2.75, 3.05) is 7.11 Å². The maximum atomic E-state index is 11.1. The highest BCUT2D eigenvalue weighted by molar-refractivity contribution is 5.86. The van der Waals surface area contributed by atoms with Gasteiger partial charge in [-0.2, -0.15) is 0 Å². The van der Waals surface area contributed by atoms with Crippen molar-refractivity contribution < 1.29 is 20.4 Å². The second-order valence-corrected chi connectivity index (χ2v) is 4.55. The van der Waals surface area contributed by atoms with Crippen LogP contribution in [0.4, 0.5) is 0 Å². The van der Waals surface area contributed by atoms with Gasteiger partial charge in [0.15, 0.2) is 5.54 Å². The Balaban J connectivity index is 2.55. The zero-order valence-corrected chi connectivity index (χ0v) is 10.4. The molecule has 4 nitrogen and oxygen atoms in total. The van der Waals surface area contributed by atoms with Crippen LogP contribution in [0.2, 0.25) is 0 Å². The molecular formula is C14H15NO3. The first-order valence-electron chi connectivity index (χ1n) is 5.60. The summed E-state index contributed by atoms with van der Waals surface area (Å²) in [6.45, 7) is 1.53. The van der Waals surface area contributed by atoms with Crippen LogP contribution in [0.5, 0.6) is 5.75 Å².